The van der Waals surface area contributed by atoms with E-state index in [2.05, 4.69) is 9.62 Å². The van der Waals surface area contributed by atoms with E-state index in [1.165, 1.54) is 23.5 Å². The summed E-state index contributed by atoms with van der Waals surface area (Å²) in [6.07, 6.45) is 0. The maximum atomic E-state index is 12.6. The van der Waals surface area contributed by atoms with Crippen LogP contribution in [0.2, 0.25) is 0 Å². The van der Waals surface area contributed by atoms with Gasteiger partial charge in [-0.2, -0.15) is 4.31 Å². The molecule has 1 fully saturated rings. The number of anilines is 1. The van der Waals surface area contributed by atoms with Crippen LogP contribution in [0.4, 0.5) is 5.69 Å². The van der Waals surface area contributed by atoms with Gasteiger partial charge >= 0.3 is 0 Å². The van der Waals surface area contributed by atoms with Crippen molar-refractivity contribution in [2.24, 2.45) is 0 Å². The van der Waals surface area contributed by atoms with Crippen molar-refractivity contribution < 1.29 is 21.6 Å². The van der Waals surface area contributed by atoms with E-state index in [1.807, 2.05) is 30.3 Å². The number of para-hydroxylation sites is 1. The summed E-state index contributed by atoms with van der Waals surface area (Å²) >= 11 is 0. The maximum absolute atomic E-state index is 12.6. The zero-order valence-corrected chi connectivity index (χ0v) is 18.7. The summed E-state index contributed by atoms with van der Waals surface area (Å²) in [6, 6.07) is 14.4. The second kappa shape index (κ2) is 9.34. The second-order valence-corrected chi connectivity index (χ2v) is 10.9. The first-order valence-electron chi connectivity index (χ1n) is 9.65. The van der Waals surface area contributed by atoms with Gasteiger partial charge in [0.2, 0.25) is 20.0 Å². The molecule has 0 unspecified atom stereocenters. The van der Waals surface area contributed by atoms with Gasteiger partial charge in [-0.15, -0.1) is 0 Å². The Morgan fingerprint density at radius 3 is 2.23 bits per heavy atom. The van der Waals surface area contributed by atoms with Gasteiger partial charge in [0, 0.05) is 38.4 Å². The Balaban J connectivity index is 1.54. The predicted molar refractivity (Wildman–Crippen MR) is 117 cm³/mol. The van der Waals surface area contributed by atoms with E-state index in [4.69, 9.17) is 4.74 Å². The Bertz CT molecular complexity index is 1060. The third-order valence-electron chi connectivity index (χ3n) is 5.08. The molecule has 30 heavy (non-hydrogen) atoms. The maximum Gasteiger partial charge on any atom is 0.240 e. The zero-order valence-electron chi connectivity index (χ0n) is 17.1. The topological polar surface area (TPSA) is 96.0 Å². The predicted octanol–water partition coefficient (Wildman–Crippen LogP) is 1.43. The Morgan fingerprint density at radius 2 is 1.63 bits per heavy atom. The van der Waals surface area contributed by atoms with E-state index >= 15 is 0 Å². The van der Waals surface area contributed by atoms with Crippen molar-refractivity contribution in [3.8, 4) is 5.75 Å². The molecule has 1 aliphatic heterocycles. The van der Waals surface area contributed by atoms with E-state index < -0.39 is 20.0 Å². The summed E-state index contributed by atoms with van der Waals surface area (Å²) in [5.41, 5.74) is 1.75. The first-order valence-corrected chi connectivity index (χ1v) is 12.7. The van der Waals surface area contributed by atoms with Crippen LogP contribution in [0, 0.1) is 6.92 Å². The largest absolute Gasteiger partial charge is 0.496 e. The van der Waals surface area contributed by atoms with E-state index in [0.29, 0.717) is 37.5 Å². The van der Waals surface area contributed by atoms with E-state index in [9.17, 15) is 16.8 Å². The fraction of sp³-hybridized carbons (Fsp3) is 0.400. The van der Waals surface area contributed by atoms with Crippen LogP contribution in [-0.4, -0.2) is 66.7 Å². The minimum Gasteiger partial charge on any atom is -0.496 e. The van der Waals surface area contributed by atoms with Crippen LogP contribution in [0.25, 0.3) is 0 Å². The lowest BCUT2D eigenvalue weighted by Gasteiger charge is -2.35. The molecule has 10 heteroatoms. The SMILES string of the molecule is COc1ccc(S(=O)(=O)NCCS(=O)(=O)N2CCN(c3ccccc3)CC2)cc1C. The van der Waals surface area contributed by atoms with Crippen LogP contribution in [-0.2, 0) is 20.0 Å². The number of piperazine rings is 1. The lowest BCUT2D eigenvalue weighted by Crippen LogP contribution is -2.50. The molecule has 1 N–H and O–H groups in total. The van der Waals surface area contributed by atoms with E-state index in [-0.39, 0.29) is 17.2 Å². The molecule has 2 aromatic carbocycles. The molecule has 0 bridgehead atoms. The highest BCUT2D eigenvalue weighted by Gasteiger charge is 2.27. The van der Waals surface area contributed by atoms with Gasteiger partial charge in [-0.1, -0.05) is 18.2 Å². The van der Waals surface area contributed by atoms with Crippen LogP contribution in [0.3, 0.4) is 0 Å². The molecule has 0 radical (unpaired) electrons. The van der Waals surface area contributed by atoms with Crippen LogP contribution in [0.1, 0.15) is 5.56 Å². The molecule has 0 aromatic heterocycles. The molecule has 0 atom stereocenters. The lowest BCUT2D eigenvalue weighted by atomic mass is 10.2. The van der Waals surface area contributed by atoms with Gasteiger partial charge in [-0.05, 0) is 42.8 Å². The monoisotopic (exact) mass is 453 g/mol. The van der Waals surface area contributed by atoms with Crippen molar-refractivity contribution in [2.75, 3.05) is 50.5 Å². The summed E-state index contributed by atoms with van der Waals surface area (Å²) in [6.45, 7) is 3.51. The summed E-state index contributed by atoms with van der Waals surface area (Å²) in [5.74, 6) is 0.304. The number of nitrogens with one attached hydrogen (secondary N) is 1. The number of nitrogens with zero attached hydrogens (tertiary/aromatic N) is 2. The summed E-state index contributed by atoms with van der Waals surface area (Å²) in [7, 11) is -5.84. The van der Waals surface area contributed by atoms with Gasteiger partial charge < -0.3 is 9.64 Å². The molecule has 0 aliphatic carbocycles. The molecule has 3 rings (SSSR count). The van der Waals surface area contributed by atoms with Crippen LogP contribution in [0.5, 0.6) is 5.75 Å². The number of rotatable bonds is 8. The fourth-order valence-electron chi connectivity index (χ4n) is 3.40. The molecule has 1 heterocycles. The average molecular weight is 454 g/mol. The summed E-state index contributed by atoms with van der Waals surface area (Å²) in [5, 5.41) is 0. The molecule has 2 aromatic rings. The third kappa shape index (κ3) is 5.31. The van der Waals surface area contributed by atoms with Gasteiger partial charge in [0.05, 0.1) is 17.8 Å². The minimum absolute atomic E-state index is 0.0784. The van der Waals surface area contributed by atoms with Crippen LogP contribution < -0.4 is 14.4 Å². The molecule has 0 amide bonds. The van der Waals surface area contributed by atoms with E-state index in [0.717, 1.165) is 5.69 Å². The first-order chi connectivity index (χ1) is 14.2. The lowest BCUT2D eigenvalue weighted by molar-refractivity contribution is 0.385. The number of hydrogen-bond donors (Lipinski definition) is 1. The van der Waals surface area contributed by atoms with Crippen molar-refractivity contribution in [1.82, 2.24) is 9.03 Å². The Morgan fingerprint density at radius 1 is 0.967 bits per heavy atom. The van der Waals surface area contributed by atoms with Gasteiger partial charge in [0.25, 0.3) is 0 Å². The number of benzene rings is 2. The zero-order chi connectivity index (χ0) is 21.8. The van der Waals surface area contributed by atoms with Crippen molar-refractivity contribution in [2.45, 2.75) is 11.8 Å². The standard InChI is InChI=1S/C20H27N3O5S2/c1-17-16-19(8-9-20(17)28-2)30(26,27)21-10-15-29(24,25)23-13-11-22(12-14-23)18-6-4-3-5-7-18/h3-9,16,21H,10-15H2,1-2H3. The molecular weight excluding hydrogens is 426 g/mol. The van der Waals surface area contributed by atoms with Crippen molar-refractivity contribution in [3.05, 3.63) is 54.1 Å². The van der Waals surface area contributed by atoms with E-state index in [1.54, 1.807) is 13.0 Å². The Kier molecular flexibility index (Phi) is 7.02. The highest BCUT2D eigenvalue weighted by molar-refractivity contribution is 7.90. The number of sulfonamides is 2. The summed E-state index contributed by atoms with van der Waals surface area (Å²) < 4.78 is 59.2. The second-order valence-electron chi connectivity index (χ2n) is 7.07. The highest BCUT2D eigenvalue weighted by Crippen LogP contribution is 2.21. The Hall–Kier alpha value is -2.14. The molecule has 164 valence electrons. The molecular formula is C20H27N3O5S2. The molecule has 1 saturated heterocycles. The van der Waals surface area contributed by atoms with Gasteiger partial charge in [-0.25, -0.2) is 21.6 Å². The average Bonchev–Trinajstić information content (AvgIpc) is 2.74. The quantitative estimate of drug-likeness (QED) is 0.650. The summed E-state index contributed by atoms with van der Waals surface area (Å²) in [4.78, 5) is 2.22. The molecule has 0 saturated carbocycles. The van der Waals surface area contributed by atoms with Crippen LogP contribution in [0.15, 0.2) is 53.4 Å². The van der Waals surface area contributed by atoms with Crippen LogP contribution >= 0.6 is 0 Å². The number of hydrogen-bond acceptors (Lipinski definition) is 6. The number of aryl methyl sites for hydroxylation is 1. The van der Waals surface area contributed by atoms with Crippen molar-refractivity contribution in [3.63, 3.8) is 0 Å². The van der Waals surface area contributed by atoms with Gasteiger partial charge in [-0.3, -0.25) is 0 Å². The molecule has 1 aliphatic rings. The molecule has 8 nitrogen and oxygen atoms in total. The fourth-order valence-corrected chi connectivity index (χ4v) is 5.98. The van der Waals surface area contributed by atoms with Crippen molar-refractivity contribution >= 4 is 25.7 Å². The van der Waals surface area contributed by atoms with Gasteiger partial charge in [0.1, 0.15) is 5.75 Å². The minimum atomic E-state index is -3.80. The first kappa shape index (κ1) is 22.5. The number of methoxy groups -OCH3 is 1. The normalized spacial score (nSPS) is 15.9. The molecule has 0 spiro atoms. The smallest absolute Gasteiger partial charge is 0.240 e. The Labute approximate surface area is 178 Å². The highest BCUT2D eigenvalue weighted by atomic mass is 32.2. The third-order valence-corrected chi connectivity index (χ3v) is 8.41. The van der Waals surface area contributed by atoms with Crippen molar-refractivity contribution in [1.29, 1.82) is 0 Å². The number of ether oxygens (including phenoxy) is 1. The van der Waals surface area contributed by atoms with Gasteiger partial charge in [0.15, 0.2) is 0 Å².